The molecule has 0 spiro atoms. The molecule has 0 unspecified atom stereocenters. The van der Waals surface area contributed by atoms with Gasteiger partial charge in [-0.1, -0.05) is 19.8 Å². The van der Waals surface area contributed by atoms with E-state index in [1.807, 2.05) is 12.1 Å². The molecule has 1 saturated carbocycles. The molecule has 0 radical (unpaired) electrons. The Morgan fingerprint density at radius 3 is 2.48 bits per heavy atom. The molecule has 3 atom stereocenters. The summed E-state index contributed by atoms with van der Waals surface area (Å²) in [4.78, 5) is 16.4. The van der Waals surface area contributed by atoms with E-state index < -0.39 is 0 Å². The highest BCUT2D eigenvalue weighted by Crippen LogP contribution is 2.23. The molecule has 5 nitrogen and oxygen atoms in total. The predicted molar refractivity (Wildman–Crippen MR) is 100 cm³/mol. The highest BCUT2D eigenvalue weighted by molar-refractivity contribution is 5.80. The third-order valence-electron chi connectivity index (χ3n) is 6.07. The molecule has 1 amide bonds. The van der Waals surface area contributed by atoms with Gasteiger partial charge in [0.15, 0.2) is 6.04 Å². The number of phenolic OH excluding ortho intramolecular Hbond substituents is 1. The number of hydrogen-bond acceptors (Lipinski definition) is 3. The number of amides is 1. The molecule has 1 aromatic carbocycles. The van der Waals surface area contributed by atoms with E-state index in [4.69, 9.17) is 0 Å². The Morgan fingerprint density at radius 1 is 1.20 bits per heavy atom. The summed E-state index contributed by atoms with van der Waals surface area (Å²) in [6.45, 7) is 8.15. The summed E-state index contributed by atoms with van der Waals surface area (Å²) in [5, 5.41) is 12.7. The molecule has 3 rings (SSSR count). The fourth-order valence-corrected chi connectivity index (χ4v) is 4.17. The lowest BCUT2D eigenvalue weighted by molar-refractivity contribution is -0.914. The number of carbonyl (C=O) groups excluding carboxylic acids is 1. The molecular weight excluding hydrogens is 314 g/mol. The summed E-state index contributed by atoms with van der Waals surface area (Å²) in [7, 11) is 0. The summed E-state index contributed by atoms with van der Waals surface area (Å²) < 4.78 is 0. The largest absolute Gasteiger partial charge is 0.508 e. The molecule has 3 N–H and O–H groups in total. The fraction of sp³-hybridized carbons (Fsp3) is 0.650. The Labute approximate surface area is 151 Å². The number of hydrogen-bond donors (Lipinski definition) is 3. The van der Waals surface area contributed by atoms with Crippen molar-refractivity contribution in [1.29, 1.82) is 0 Å². The maximum atomic E-state index is 12.7. The minimum absolute atomic E-state index is 0.0103. The van der Waals surface area contributed by atoms with E-state index in [-0.39, 0.29) is 11.9 Å². The van der Waals surface area contributed by atoms with Crippen molar-refractivity contribution in [2.24, 2.45) is 5.92 Å². The van der Waals surface area contributed by atoms with Crippen LogP contribution in [0.5, 0.6) is 5.75 Å². The van der Waals surface area contributed by atoms with E-state index in [9.17, 15) is 9.90 Å². The van der Waals surface area contributed by atoms with Crippen molar-refractivity contribution in [2.75, 3.05) is 31.1 Å². The van der Waals surface area contributed by atoms with Crippen LogP contribution in [0.3, 0.4) is 0 Å². The zero-order valence-corrected chi connectivity index (χ0v) is 15.5. The molecule has 2 aliphatic rings. The van der Waals surface area contributed by atoms with Crippen LogP contribution in [0.1, 0.15) is 39.5 Å². The average molecular weight is 346 g/mol. The third-order valence-corrected chi connectivity index (χ3v) is 6.07. The van der Waals surface area contributed by atoms with Gasteiger partial charge in [-0.3, -0.25) is 4.79 Å². The van der Waals surface area contributed by atoms with Crippen molar-refractivity contribution in [3.8, 4) is 5.75 Å². The number of benzene rings is 1. The van der Waals surface area contributed by atoms with Gasteiger partial charge < -0.3 is 20.2 Å². The van der Waals surface area contributed by atoms with Crippen molar-refractivity contribution in [3.63, 3.8) is 0 Å². The zero-order valence-electron chi connectivity index (χ0n) is 15.5. The number of nitrogens with zero attached hydrogens (tertiary/aromatic N) is 1. The lowest BCUT2D eigenvalue weighted by atomic mass is 9.86. The number of carbonyl (C=O) groups is 1. The quantitative estimate of drug-likeness (QED) is 0.767. The highest BCUT2D eigenvalue weighted by Gasteiger charge is 2.31. The molecule has 1 aromatic rings. The second-order valence-corrected chi connectivity index (χ2v) is 7.76. The van der Waals surface area contributed by atoms with Crippen LogP contribution in [0.15, 0.2) is 24.3 Å². The molecular formula is C20H32N3O2+. The molecule has 1 aliphatic heterocycles. The van der Waals surface area contributed by atoms with Crippen LogP contribution in [0.25, 0.3) is 0 Å². The van der Waals surface area contributed by atoms with Crippen LogP contribution in [0.2, 0.25) is 0 Å². The number of piperazine rings is 1. The van der Waals surface area contributed by atoms with Crippen LogP contribution in [0, 0.1) is 5.92 Å². The van der Waals surface area contributed by atoms with Crippen molar-refractivity contribution in [1.82, 2.24) is 5.32 Å². The first-order valence-corrected chi connectivity index (χ1v) is 9.73. The van der Waals surface area contributed by atoms with Gasteiger partial charge >= 0.3 is 0 Å². The van der Waals surface area contributed by atoms with Crippen molar-refractivity contribution >= 4 is 11.6 Å². The highest BCUT2D eigenvalue weighted by atomic mass is 16.3. The van der Waals surface area contributed by atoms with Gasteiger partial charge in [0.05, 0.1) is 26.2 Å². The Hall–Kier alpha value is -1.75. The molecule has 5 heteroatoms. The molecule has 0 aromatic heterocycles. The van der Waals surface area contributed by atoms with Crippen LogP contribution in [0.4, 0.5) is 5.69 Å². The van der Waals surface area contributed by atoms with Gasteiger partial charge in [-0.15, -0.1) is 0 Å². The van der Waals surface area contributed by atoms with Crippen LogP contribution < -0.4 is 15.1 Å². The molecule has 1 saturated heterocycles. The molecule has 138 valence electrons. The number of anilines is 1. The van der Waals surface area contributed by atoms with E-state index >= 15 is 0 Å². The van der Waals surface area contributed by atoms with Crippen molar-refractivity contribution < 1.29 is 14.8 Å². The van der Waals surface area contributed by atoms with Crippen molar-refractivity contribution in [3.05, 3.63) is 24.3 Å². The Morgan fingerprint density at radius 2 is 1.84 bits per heavy atom. The fourth-order valence-electron chi connectivity index (χ4n) is 4.17. The van der Waals surface area contributed by atoms with E-state index in [1.165, 1.54) is 24.2 Å². The third kappa shape index (κ3) is 4.46. The van der Waals surface area contributed by atoms with Gasteiger partial charge in [0.2, 0.25) is 0 Å². The number of aromatic hydroxyl groups is 1. The Bertz CT molecular complexity index is 567. The summed E-state index contributed by atoms with van der Waals surface area (Å²) >= 11 is 0. The van der Waals surface area contributed by atoms with Crippen LogP contribution >= 0.6 is 0 Å². The molecule has 1 heterocycles. The number of phenols is 1. The lowest BCUT2D eigenvalue weighted by Crippen LogP contribution is -3.19. The topological polar surface area (TPSA) is 57.0 Å². The number of quaternary nitrogens is 1. The van der Waals surface area contributed by atoms with E-state index in [0.717, 1.165) is 38.3 Å². The number of nitrogens with one attached hydrogen (secondary N) is 2. The average Bonchev–Trinajstić information content (AvgIpc) is 2.64. The van der Waals surface area contributed by atoms with Crippen LogP contribution in [-0.2, 0) is 4.79 Å². The van der Waals surface area contributed by atoms with E-state index in [0.29, 0.717) is 17.7 Å². The predicted octanol–water partition coefficient (Wildman–Crippen LogP) is 1.18. The monoisotopic (exact) mass is 346 g/mol. The maximum absolute atomic E-state index is 12.7. The Balaban J connectivity index is 1.49. The number of rotatable bonds is 4. The Kier molecular flexibility index (Phi) is 5.84. The molecule has 25 heavy (non-hydrogen) atoms. The minimum atomic E-state index is 0.0103. The van der Waals surface area contributed by atoms with Gasteiger partial charge in [0, 0.05) is 11.7 Å². The molecule has 0 bridgehead atoms. The summed E-state index contributed by atoms with van der Waals surface area (Å²) in [5.41, 5.74) is 1.14. The lowest BCUT2D eigenvalue weighted by Gasteiger charge is -2.37. The van der Waals surface area contributed by atoms with E-state index in [2.05, 4.69) is 24.1 Å². The van der Waals surface area contributed by atoms with Crippen molar-refractivity contribution in [2.45, 2.75) is 51.6 Å². The standard InChI is InChI=1S/C20H31N3O2/c1-15-5-3-4-6-19(15)21-20(25)16(2)22-11-13-23(14-12-22)17-7-9-18(24)10-8-17/h7-10,15-16,19,24H,3-6,11-14H2,1-2H3,(H,21,25)/p+1/t15-,16-,19-/m1/s1. The van der Waals surface area contributed by atoms with Gasteiger partial charge in [0.1, 0.15) is 5.75 Å². The van der Waals surface area contributed by atoms with E-state index in [1.54, 1.807) is 12.1 Å². The minimum Gasteiger partial charge on any atom is -0.508 e. The second-order valence-electron chi connectivity index (χ2n) is 7.76. The first-order valence-electron chi connectivity index (χ1n) is 9.73. The van der Waals surface area contributed by atoms with Gasteiger partial charge in [-0.05, 0) is 49.9 Å². The first-order chi connectivity index (χ1) is 12.0. The normalized spacial score (nSPS) is 26.2. The maximum Gasteiger partial charge on any atom is 0.278 e. The molecule has 1 aliphatic carbocycles. The summed E-state index contributed by atoms with van der Waals surface area (Å²) in [6.07, 6.45) is 4.90. The van der Waals surface area contributed by atoms with Crippen LogP contribution in [-0.4, -0.2) is 49.3 Å². The van der Waals surface area contributed by atoms with Gasteiger partial charge in [-0.25, -0.2) is 0 Å². The summed E-state index contributed by atoms with van der Waals surface area (Å²) in [5.74, 6) is 1.12. The summed E-state index contributed by atoms with van der Waals surface area (Å²) in [6, 6.07) is 7.76. The van der Waals surface area contributed by atoms with Gasteiger partial charge in [0.25, 0.3) is 5.91 Å². The SMILES string of the molecule is C[C@@H]1CCCC[C@H]1NC(=O)[C@@H](C)[NH+]1CCN(c2ccc(O)cc2)CC1. The zero-order chi connectivity index (χ0) is 17.8. The van der Waals surface area contributed by atoms with Gasteiger partial charge in [-0.2, -0.15) is 0 Å². The second kappa shape index (κ2) is 8.09. The molecule has 2 fully saturated rings. The smallest absolute Gasteiger partial charge is 0.278 e. The first kappa shape index (κ1) is 18.1.